The molecule has 30 heavy (non-hydrogen) atoms. The summed E-state index contributed by atoms with van der Waals surface area (Å²) in [5, 5.41) is 11.9. The van der Waals surface area contributed by atoms with E-state index in [1.165, 1.54) is 0 Å². The van der Waals surface area contributed by atoms with Gasteiger partial charge in [0.2, 0.25) is 5.95 Å². The van der Waals surface area contributed by atoms with E-state index in [0.29, 0.717) is 0 Å². The van der Waals surface area contributed by atoms with Crippen LogP contribution < -0.4 is 10.2 Å². The number of hydrogen-bond donors (Lipinski definition) is 1. The zero-order valence-electron chi connectivity index (χ0n) is 17.2. The molecule has 0 atom stereocenters. The van der Waals surface area contributed by atoms with E-state index >= 15 is 0 Å². The SMILES string of the molecule is CCNC(=NCCCc1nnc2ccccn12)N1CCN(c2ncccn2)CC1.I. The molecule has 0 spiro atoms. The summed E-state index contributed by atoms with van der Waals surface area (Å²) in [5.41, 5.74) is 0.889. The van der Waals surface area contributed by atoms with Gasteiger partial charge in [0.15, 0.2) is 11.6 Å². The Morgan fingerprint density at radius 3 is 2.63 bits per heavy atom. The molecule has 0 saturated carbocycles. The molecule has 3 aromatic rings. The average molecular weight is 521 g/mol. The van der Waals surface area contributed by atoms with Crippen molar-refractivity contribution < 1.29 is 0 Å². The van der Waals surface area contributed by atoms with E-state index in [1.54, 1.807) is 12.4 Å². The van der Waals surface area contributed by atoms with Crippen LogP contribution in [0.1, 0.15) is 19.2 Å². The Balaban J connectivity index is 0.00000256. The highest BCUT2D eigenvalue weighted by Crippen LogP contribution is 2.10. The number of nitrogens with one attached hydrogen (secondary N) is 1. The first kappa shape index (κ1) is 22.2. The van der Waals surface area contributed by atoms with Crippen molar-refractivity contribution in [3.05, 3.63) is 48.7 Å². The van der Waals surface area contributed by atoms with Crippen molar-refractivity contribution in [2.45, 2.75) is 19.8 Å². The summed E-state index contributed by atoms with van der Waals surface area (Å²) in [7, 11) is 0. The van der Waals surface area contributed by atoms with Crippen LogP contribution in [0.5, 0.6) is 0 Å². The molecule has 0 unspecified atom stereocenters. The Labute approximate surface area is 193 Å². The molecule has 0 radical (unpaired) electrons. The molecule has 1 fully saturated rings. The van der Waals surface area contributed by atoms with Gasteiger partial charge in [-0.15, -0.1) is 34.2 Å². The van der Waals surface area contributed by atoms with Gasteiger partial charge in [0.25, 0.3) is 0 Å². The molecule has 10 heteroatoms. The lowest BCUT2D eigenvalue weighted by Gasteiger charge is -2.36. The molecule has 1 aliphatic heterocycles. The Kier molecular flexibility index (Phi) is 8.17. The summed E-state index contributed by atoms with van der Waals surface area (Å²) in [6, 6.07) is 7.79. The number of hydrogen-bond acceptors (Lipinski definition) is 6. The Hall–Kier alpha value is -2.50. The number of rotatable bonds is 6. The van der Waals surface area contributed by atoms with Crippen molar-refractivity contribution >= 4 is 41.5 Å². The van der Waals surface area contributed by atoms with Crippen molar-refractivity contribution in [1.29, 1.82) is 0 Å². The van der Waals surface area contributed by atoms with Gasteiger partial charge >= 0.3 is 0 Å². The molecule has 1 saturated heterocycles. The average Bonchev–Trinajstić information content (AvgIpc) is 3.20. The standard InChI is InChI=1S/C20H27N9.HI/c1-2-21-19(27-13-15-28(16-14-27)20-23-10-6-11-24-20)22-9-5-8-18-26-25-17-7-3-4-12-29(17)18;/h3-4,6-7,10-12H,2,5,8-9,13-16H2,1H3,(H,21,22);1H. The van der Waals surface area contributed by atoms with Gasteiger partial charge in [-0.05, 0) is 31.5 Å². The molecular weight excluding hydrogens is 493 g/mol. The molecule has 0 aromatic carbocycles. The third kappa shape index (κ3) is 5.35. The van der Waals surface area contributed by atoms with Gasteiger partial charge in [-0.1, -0.05) is 6.07 Å². The van der Waals surface area contributed by atoms with E-state index in [0.717, 1.165) is 75.5 Å². The predicted octanol–water partition coefficient (Wildman–Crippen LogP) is 1.86. The van der Waals surface area contributed by atoms with Gasteiger partial charge in [-0.3, -0.25) is 9.39 Å². The van der Waals surface area contributed by atoms with Gasteiger partial charge in [0.05, 0.1) is 0 Å². The summed E-state index contributed by atoms with van der Waals surface area (Å²) in [6.07, 6.45) is 7.38. The van der Waals surface area contributed by atoms with Crippen molar-refractivity contribution in [2.75, 3.05) is 44.2 Å². The second kappa shape index (κ2) is 11.0. The summed E-state index contributed by atoms with van der Waals surface area (Å²) >= 11 is 0. The number of aliphatic imine (C=N–C) groups is 1. The Morgan fingerprint density at radius 1 is 1.07 bits per heavy atom. The van der Waals surface area contributed by atoms with E-state index in [9.17, 15) is 0 Å². The zero-order valence-corrected chi connectivity index (χ0v) is 19.5. The summed E-state index contributed by atoms with van der Waals surface area (Å²) in [5.74, 6) is 2.76. The number of pyridine rings is 1. The molecule has 160 valence electrons. The summed E-state index contributed by atoms with van der Waals surface area (Å²) in [4.78, 5) is 18.1. The third-order valence-electron chi connectivity index (χ3n) is 4.95. The lowest BCUT2D eigenvalue weighted by molar-refractivity contribution is 0.370. The third-order valence-corrected chi connectivity index (χ3v) is 4.95. The minimum absolute atomic E-state index is 0. The highest BCUT2D eigenvalue weighted by molar-refractivity contribution is 14.0. The monoisotopic (exact) mass is 521 g/mol. The van der Waals surface area contributed by atoms with Crippen LogP contribution in [-0.2, 0) is 6.42 Å². The lowest BCUT2D eigenvalue weighted by atomic mass is 10.3. The van der Waals surface area contributed by atoms with Crippen LogP contribution in [0.4, 0.5) is 5.95 Å². The number of halogens is 1. The second-order valence-electron chi connectivity index (χ2n) is 6.91. The van der Waals surface area contributed by atoms with Gasteiger partial charge in [-0.2, -0.15) is 0 Å². The quantitative estimate of drug-likeness (QED) is 0.229. The van der Waals surface area contributed by atoms with E-state index in [4.69, 9.17) is 4.99 Å². The molecule has 0 aliphatic carbocycles. The minimum Gasteiger partial charge on any atom is -0.357 e. The van der Waals surface area contributed by atoms with Crippen LogP contribution >= 0.6 is 24.0 Å². The fraction of sp³-hybridized carbons (Fsp3) is 0.450. The maximum atomic E-state index is 4.84. The summed E-state index contributed by atoms with van der Waals surface area (Å²) in [6.45, 7) is 7.30. The van der Waals surface area contributed by atoms with Crippen LogP contribution in [0.2, 0.25) is 0 Å². The lowest BCUT2D eigenvalue weighted by Crippen LogP contribution is -2.53. The molecule has 4 heterocycles. The number of piperazine rings is 1. The predicted molar refractivity (Wildman–Crippen MR) is 129 cm³/mol. The van der Waals surface area contributed by atoms with Crippen LogP contribution in [0.25, 0.3) is 5.65 Å². The van der Waals surface area contributed by atoms with Crippen molar-refractivity contribution in [3.63, 3.8) is 0 Å². The van der Waals surface area contributed by atoms with E-state index in [2.05, 4.69) is 42.2 Å². The van der Waals surface area contributed by atoms with Crippen LogP contribution in [0.15, 0.2) is 47.8 Å². The fourth-order valence-electron chi connectivity index (χ4n) is 3.48. The molecule has 9 nitrogen and oxygen atoms in total. The largest absolute Gasteiger partial charge is 0.357 e. The number of aromatic nitrogens is 5. The maximum Gasteiger partial charge on any atom is 0.225 e. The number of fused-ring (bicyclic) bond motifs is 1. The normalized spacial score (nSPS) is 14.6. The fourth-order valence-corrected chi connectivity index (χ4v) is 3.48. The van der Waals surface area contributed by atoms with E-state index in [1.807, 2.05) is 34.9 Å². The molecule has 0 amide bonds. The summed E-state index contributed by atoms with van der Waals surface area (Å²) < 4.78 is 2.04. The van der Waals surface area contributed by atoms with E-state index in [-0.39, 0.29) is 24.0 Å². The maximum absolute atomic E-state index is 4.84. The number of aryl methyl sites for hydroxylation is 1. The number of guanidine groups is 1. The Bertz CT molecular complexity index is 936. The molecule has 0 bridgehead atoms. The number of nitrogens with zero attached hydrogens (tertiary/aromatic N) is 8. The van der Waals surface area contributed by atoms with Crippen LogP contribution in [0, 0.1) is 0 Å². The van der Waals surface area contributed by atoms with Crippen LogP contribution in [0.3, 0.4) is 0 Å². The van der Waals surface area contributed by atoms with Gasteiger partial charge in [-0.25, -0.2) is 9.97 Å². The van der Waals surface area contributed by atoms with Crippen molar-refractivity contribution in [3.8, 4) is 0 Å². The zero-order chi connectivity index (χ0) is 19.9. The Morgan fingerprint density at radius 2 is 1.87 bits per heavy atom. The first-order chi connectivity index (χ1) is 14.3. The molecular formula is C20H28IN9. The molecule has 1 aliphatic rings. The highest BCUT2D eigenvalue weighted by atomic mass is 127. The van der Waals surface area contributed by atoms with Gasteiger partial charge in [0, 0.05) is 64.3 Å². The molecule has 4 rings (SSSR count). The molecule has 1 N–H and O–H groups in total. The highest BCUT2D eigenvalue weighted by Gasteiger charge is 2.20. The number of anilines is 1. The van der Waals surface area contributed by atoms with Gasteiger partial charge < -0.3 is 15.1 Å². The van der Waals surface area contributed by atoms with Crippen molar-refractivity contribution in [1.82, 2.24) is 34.8 Å². The smallest absolute Gasteiger partial charge is 0.225 e. The first-order valence-electron chi connectivity index (χ1n) is 10.2. The minimum atomic E-state index is 0. The van der Waals surface area contributed by atoms with Crippen LogP contribution in [-0.4, -0.2) is 74.7 Å². The topological polar surface area (TPSA) is 86.8 Å². The molecule has 3 aromatic heterocycles. The van der Waals surface area contributed by atoms with Gasteiger partial charge in [0.1, 0.15) is 5.82 Å². The van der Waals surface area contributed by atoms with E-state index < -0.39 is 0 Å². The first-order valence-corrected chi connectivity index (χ1v) is 10.2. The van der Waals surface area contributed by atoms with Crippen molar-refractivity contribution in [2.24, 2.45) is 4.99 Å². The second-order valence-corrected chi connectivity index (χ2v) is 6.91.